The molecule has 4 rings (SSSR count). The number of amides is 1. The van der Waals surface area contributed by atoms with E-state index in [1.807, 2.05) is 6.92 Å². The fourth-order valence-corrected chi connectivity index (χ4v) is 4.67. The number of alkyl halides is 3. The first-order valence-corrected chi connectivity index (χ1v) is 11.7. The third kappa shape index (κ3) is 5.21. The molecule has 1 amide bonds. The number of carbonyl (C=O) groups is 1. The second kappa shape index (κ2) is 9.43. The van der Waals surface area contributed by atoms with Crippen LogP contribution >= 0.6 is 34.8 Å². The van der Waals surface area contributed by atoms with E-state index in [2.05, 4.69) is 15.5 Å². The van der Waals surface area contributed by atoms with E-state index in [0.717, 1.165) is 24.1 Å². The van der Waals surface area contributed by atoms with Crippen molar-refractivity contribution in [3.63, 3.8) is 0 Å². The van der Waals surface area contributed by atoms with Gasteiger partial charge in [0.15, 0.2) is 5.69 Å². The summed E-state index contributed by atoms with van der Waals surface area (Å²) in [5.41, 5.74) is 1.94. The van der Waals surface area contributed by atoms with Gasteiger partial charge in [-0.1, -0.05) is 40.9 Å². The SMILES string of the molecule is Cc1nn(Cc2ccc(Cl)cc2Cl)c(C)c1NC(=O)CCn1nc(C(F)(F)F)c(Cl)c1C1CC1. The molecule has 0 spiro atoms. The quantitative estimate of drug-likeness (QED) is 0.370. The first kappa shape index (κ1) is 24.9. The molecule has 1 fully saturated rings. The Balaban J connectivity index is 1.46. The normalized spacial score (nSPS) is 14.0. The highest BCUT2D eigenvalue weighted by Crippen LogP contribution is 2.47. The molecule has 0 bridgehead atoms. The molecule has 0 unspecified atom stereocenters. The fraction of sp³-hybridized carbons (Fsp3) is 0.409. The zero-order valence-electron chi connectivity index (χ0n) is 18.3. The molecule has 3 aromatic rings. The van der Waals surface area contributed by atoms with E-state index in [0.29, 0.717) is 33.7 Å². The summed E-state index contributed by atoms with van der Waals surface area (Å²) in [6.07, 6.45) is -3.21. The lowest BCUT2D eigenvalue weighted by Gasteiger charge is -2.10. The smallest absolute Gasteiger partial charge is 0.323 e. The molecule has 1 N–H and O–H groups in total. The predicted molar refractivity (Wildman–Crippen MR) is 125 cm³/mol. The molecule has 2 heterocycles. The Bertz CT molecular complexity index is 1250. The number of nitrogens with zero attached hydrogens (tertiary/aromatic N) is 4. The molecule has 1 aliphatic carbocycles. The summed E-state index contributed by atoms with van der Waals surface area (Å²) in [5, 5.41) is 11.6. The van der Waals surface area contributed by atoms with E-state index in [4.69, 9.17) is 34.8 Å². The van der Waals surface area contributed by atoms with Gasteiger partial charge in [-0.2, -0.15) is 23.4 Å². The molecule has 1 aliphatic rings. The molecule has 34 heavy (non-hydrogen) atoms. The van der Waals surface area contributed by atoms with E-state index in [1.165, 1.54) is 4.68 Å². The van der Waals surface area contributed by atoms with Crippen molar-refractivity contribution in [2.24, 2.45) is 0 Å². The minimum atomic E-state index is -4.65. The number of anilines is 1. The van der Waals surface area contributed by atoms with Crippen molar-refractivity contribution in [2.45, 2.75) is 58.3 Å². The number of aryl methyl sites for hydroxylation is 2. The van der Waals surface area contributed by atoms with Gasteiger partial charge in [-0.25, -0.2) is 0 Å². The van der Waals surface area contributed by atoms with Gasteiger partial charge in [0.25, 0.3) is 0 Å². The van der Waals surface area contributed by atoms with Crippen molar-refractivity contribution in [3.8, 4) is 0 Å². The zero-order chi connectivity index (χ0) is 24.8. The molecule has 1 saturated carbocycles. The summed E-state index contributed by atoms with van der Waals surface area (Å²) in [4.78, 5) is 12.7. The van der Waals surface area contributed by atoms with Crippen LogP contribution in [0.4, 0.5) is 18.9 Å². The third-order valence-electron chi connectivity index (χ3n) is 5.70. The van der Waals surface area contributed by atoms with E-state index in [9.17, 15) is 18.0 Å². The average molecular weight is 535 g/mol. The summed E-state index contributed by atoms with van der Waals surface area (Å²) < 4.78 is 42.7. The van der Waals surface area contributed by atoms with Crippen LogP contribution in [0.25, 0.3) is 0 Å². The van der Waals surface area contributed by atoms with Crippen LogP contribution in [-0.4, -0.2) is 25.5 Å². The van der Waals surface area contributed by atoms with Crippen LogP contribution in [0, 0.1) is 13.8 Å². The summed E-state index contributed by atoms with van der Waals surface area (Å²) in [7, 11) is 0. The van der Waals surface area contributed by atoms with Crippen LogP contribution in [0.3, 0.4) is 0 Å². The summed E-state index contributed by atoms with van der Waals surface area (Å²) >= 11 is 18.2. The highest BCUT2D eigenvalue weighted by Gasteiger charge is 2.42. The highest BCUT2D eigenvalue weighted by atomic mass is 35.5. The molecule has 6 nitrogen and oxygen atoms in total. The number of hydrogen-bond donors (Lipinski definition) is 1. The van der Waals surface area contributed by atoms with Crippen LogP contribution in [0.5, 0.6) is 0 Å². The molecule has 182 valence electrons. The lowest BCUT2D eigenvalue weighted by Crippen LogP contribution is -2.17. The molecular weight excluding hydrogens is 514 g/mol. The molecular formula is C22H21Cl3F3N5O. The number of carbonyl (C=O) groups excluding carboxylic acids is 1. The maximum absolute atomic E-state index is 13.2. The third-order valence-corrected chi connectivity index (χ3v) is 6.66. The van der Waals surface area contributed by atoms with Gasteiger partial charge in [-0.3, -0.25) is 14.2 Å². The number of aromatic nitrogens is 4. The first-order chi connectivity index (χ1) is 16.0. The molecule has 0 aliphatic heterocycles. The average Bonchev–Trinajstić information content (AvgIpc) is 3.47. The molecule has 0 saturated heterocycles. The van der Waals surface area contributed by atoms with Gasteiger partial charge in [0.05, 0.1) is 40.9 Å². The maximum atomic E-state index is 13.2. The Hall–Kier alpha value is -2.23. The van der Waals surface area contributed by atoms with Gasteiger partial charge >= 0.3 is 6.18 Å². The maximum Gasteiger partial charge on any atom is 0.436 e. The number of benzene rings is 1. The lowest BCUT2D eigenvalue weighted by atomic mass is 10.2. The van der Waals surface area contributed by atoms with Crippen LogP contribution in [0.15, 0.2) is 18.2 Å². The van der Waals surface area contributed by atoms with Gasteiger partial charge in [0, 0.05) is 22.4 Å². The first-order valence-electron chi connectivity index (χ1n) is 10.6. The number of halogens is 6. The van der Waals surface area contributed by atoms with E-state index in [1.54, 1.807) is 29.8 Å². The van der Waals surface area contributed by atoms with E-state index in [-0.39, 0.29) is 29.8 Å². The minimum absolute atomic E-state index is 0.0138. The van der Waals surface area contributed by atoms with Crippen molar-refractivity contribution < 1.29 is 18.0 Å². The van der Waals surface area contributed by atoms with Crippen molar-refractivity contribution >= 4 is 46.4 Å². The number of nitrogens with one attached hydrogen (secondary N) is 1. The highest BCUT2D eigenvalue weighted by molar-refractivity contribution is 6.35. The molecule has 2 aromatic heterocycles. The van der Waals surface area contributed by atoms with Gasteiger partial charge in [-0.15, -0.1) is 0 Å². The Morgan fingerprint density at radius 2 is 1.85 bits per heavy atom. The van der Waals surface area contributed by atoms with Crippen LogP contribution in [0.1, 0.15) is 53.5 Å². The van der Waals surface area contributed by atoms with Crippen molar-refractivity contribution in [1.29, 1.82) is 0 Å². The summed E-state index contributed by atoms with van der Waals surface area (Å²) in [6.45, 7) is 3.94. The predicted octanol–water partition coefficient (Wildman–Crippen LogP) is 6.63. The van der Waals surface area contributed by atoms with Crippen molar-refractivity contribution in [3.05, 3.63) is 61.6 Å². The summed E-state index contributed by atoms with van der Waals surface area (Å²) in [5.74, 6) is -0.418. The van der Waals surface area contributed by atoms with Crippen molar-refractivity contribution in [1.82, 2.24) is 19.6 Å². The second-order valence-corrected chi connectivity index (χ2v) is 9.50. The van der Waals surface area contributed by atoms with Crippen LogP contribution in [0.2, 0.25) is 15.1 Å². The monoisotopic (exact) mass is 533 g/mol. The molecule has 1 aromatic carbocycles. The van der Waals surface area contributed by atoms with Gasteiger partial charge in [-0.05, 0) is 44.4 Å². The number of hydrogen-bond acceptors (Lipinski definition) is 3. The van der Waals surface area contributed by atoms with Crippen LogP contribution < -0.4 is 5.32 Å². The second-order valence-electron chi connectivity index (χ2n) is 8.28. The van der Waals surface area contributed by atoms with Gasteiger partial charge < -0.3 is 5.32 Å². The molecule has 0 atom stereocenters. The van der Waals surface area contributed by atoms with E-state index >= 15 is 0 Å². The Kier molecular flexibility index (Phi) is 6.90. The Morgan fingerprint density at radius 1 is 1.15 bits per heavy atom. The molecule has 0 radical (unpaired) electrons. The largest absolute Gasteiger partial charge is 0.436 e. The Morgan fingerprint density at radius 3 is 2.47 bits per heavy atom. The fourth-order valence-electron chi connectivity index (χ4n) is 3.80. The standard InChI is InChI=1S/C22H21Cl3F3N5O/c1-11-19(12(2)33(30-11)10-14-5-6-15(23)9-16(14)24)29-17(34)7-8-32-20(13-3-4-13)18(25)21(31-32)22(26,27)28/h5-6,9,13H,3-4,7-8,10H2,1-2H3,(H,29,34). The topological polar surface area (TPSA) is 64.7 Å². The van der Waals surface area contributed by atoms with Gasteiger partial charge in [0.1, 0.15) is 0 Å². The van der Waals surface area contributed by atoms with Crippen molar-refractivity contribution in [2.75, 3.05) is 5.32 Å². The zero-order valence-corrected chi connectivity index (χ0v) is 20.6. The van der Waals surface area contributed by atoms with E-state index < -0.39 is 11.9 Å². The Labute approximate surface area is 209 Å². The lowest BCUT2D eigenvalue weighted by molar-refractivity contribution is -0.141. The molecule has 12 heteroatoms. The minimum Gasteiger partial charge on any atom is -0.323 e. The van der Waals surface area contributed by atoms with Crippen LogP contribution in [-0.2, 0) is 24.1 Å². The van der Waals surface area contributed by atoms with Gasteiger partial charge in [0.2, 0.25) is 5.91 Å². The summed E-state index contributed by atoms with van der Waals surface area (Å²) in [6, 6.07) is 5.19. The number of rotatable bonds is 7.